The normalized spacial score (nSPS) is 17.0. The van der Waals surface area contributed by atoms with Crippen molar-refractivity contribution in [2.24, 2.45) is 12.8 Å². The van der Waals surface area contributed by atoms with E-state index in [1.54, 1.807) is 10.1 Å². The highest BCUT2D eigenvalue weighted by atomic mass is 35.5. The first-order chi connectivity index (χ1) is 9.69. The molecule has 0 radical (unpaired) electrons. The number of rotatable bonds is 3. The number of thiazole rings is 1. The summed E-state index contributed by atoms with van der Waals surface area (Å²) in [4.78, 5) is 18.8. The van der Waals surface area contributed by atoms with E-state index in [4.69, 9.17) is 5.73 Å². The SMILES string of the molecule is Cl.Cl.Cn1cc(C2CCCN2C(=O)c2csc(CN)n2)cn1. The summed E-state index contributed by atoms with van der Waals surface area (Å²) in [5, 5.41) is 6.79. The Bertz CT molecular complexity index is 629. The lowest BCUT2D eigenvalue weighted by Gasteiger charge is -2.22. The first kappa shape index (κ1) is 18.9. The topological polar surface area (TPSA) is 77.0 Å². The smallest absolute Gasteiger partial charge is 0.273 e. The molecule has 0 saturated carbocycles. The van der Waals surface area contributed by atoms with Gasteiger partial charge in [0.1, 0.15) is 10.7 Å². The van der Waals surface area contributed by atoms with Gasteiger partial charge in [-0.3, -0.25) is 9.48 Å². The number of aryl methyl sites for hydroxylation is 1. The Kier molecular flexibility index (Phi) is 6.80. The van der Waals surface area contributed by atoms with Crippen LogP contribution in [0.25, 0.3) is 0 Å². The first-order valence-corrected chi connectivity index (χ1v) is 7.51. The van der Waals surface area contributed by atoms with E-state index in [2.05, 4.69) is 10.1 Å². The number of carbonyl (C=O) groups excluding carboxylic acids is 1. The summed E-state index contributed by atoms with van der Waals surface area (Å²) in [5.74, 6) is -0.00713. The molecule has 2 N–H and O–H groups in total. The molecule has 1 aliphatic heterocycles. The molecule has 2 aromatic rings. The van der Waals surface area contributed by atoms with Gasteiger partial charge < -0.3 is 10.6 Å². The number of nitrogens with zero attached hydrogens (tertiary/aromatic N) is 4. The average Bonchev–Trinajstić information content (AvgIpc) is 3.17. The summed E-state index contributed by atoms with van der Waals surface area (Å²) in [6.07, 6.45) is 5.80. The van der Waals surface area contributed by atoms with Gasteiger partial charge >= 0.3 is 0 Å². The van der Waals surface area contributed by atoms with Gasteiger partial charge in [-0.25, -0.2) is 4.98 Å². The molecule has 1 unspecified atom stereocenters. The average molecular weight is 364 g/mol. The number of likely N-dealkylation sites (tertiary alicyclic amines) is 1. The zero-order chi connectivity index (χ0) is 14.1. The van der Waals surface area contributed by atoms with Crippen molar-refractivity contribution in [1.29, 1.82) is 0 Å². The molecular weight excluding hydrogens is 345 g/mol. The highest BCUT2D eigenvalue weighted by Crippen LogP contribution is 2.32. The molecule has 0 aliphatic carbocycles. The number of aromatic nitrogens is 3. The second kappa shape index (κ2) is 7.92. The lowest BCUT2D eigenvalue weighted by molar-refractivity contribution is 0.0730. The van der Waals surface area contributed by atoms with Crippen molar-refractivity contribution in [3.63, 3.8) is 0 Å². The van der Waals surface area contributed by atoms with Gasteiger partial charge in [-0.1, -0.05) is 0 Å². The van der Waals surface area contributed by atoms with Crippen LogP contribution in [0, 0.1) is 0 Å². The van der Waals surface area contributed by atoms with E-state index >= 15 is 0 Å². The summed E-state index contributed by atoms with van der Waals surface area (Å²) in [7, 11) is 1.89. The maximum absolute atomic E-state index is 12.6. The standard InChI is InChI=1S/C13H17N5OS.2ClH/c1-17-7-9(6-15-17)11-3-2-4-18(11)13(19)10-8-20-12(5-14)16-10;;/h6-8,11H,2-5,14H2,1H3;2*1H. The molecular formula is C13H19Cl2N5OS. The number of halogens is 2. The Morgan fingerprint density at radius 1 is 1.50 bits per heavy atom. The highest BCUT2D eigenvalue weighted by molar-refractivity contribution is 7.09. The van der Waals surface area contributed by atoms with E-state index in [1.807, 2.05) is 24.3 Å². The summed E-state index contributed by atoms with van der Waals surface area (Å²) < 4.78 is 1.77. The van der Waals surface area contributed by atoms with E-state index in [9.17, 15) is 4.79 Å². The molecule has 0 spiro atoms. The molecule has 1 saturated heterocycles. The van der Waals surface area contributed by atoms with Crippen LogP contribution in [-0.2, 0) is 13.6 Å². The maximum atomic E-state index is 12.6. The Labute approximate surface area is 145 Å². The van der Waals surface area contributed by atoms with Gasteiger partial charge in [0.2, 0.25) is 0 Å². The molecule has 1 atom stereocenters. The quantitative estimate of drug-likeness (QED) is 0.906. The maximum Gasteiger partial charge on any atom is 0.273 e. The van der Waals surface area contributed by atoms with Gasteiger partial charge in [0.25, 0.3) is 5.91 Å². The molecule has 1 amide bonds. The van der Waals surface area contributed by atoms with E-state index in [-0.39, 0.29) is 36.8 Å². The van der Waals surface area contributed by atoms with Crippen molar-refractivity contribution in [2.45, 2.75) is 25.4 Å². The van der Waals surface area contributed by atoms with Gasteiger partial charge in [0, 0.05) is 37.3 Å². The number of nitrogens with two attached hydrogens (primary N) is 1. The van der Waals surface area contributed by atoms with Crippen LogP contribution in [0.4, 0.5) is 0 Å². The van der Waals surface area contributed by atoms with Crippen molar-refractivity contribution in [2.75, 3.05) is 6.54 Å². The minimum atomic E-state index is -0.00713. The lowest BCUT2D eigenvalue weighted by atomic mass is 10.1. The minimum absolute atomic E-state index is 0. The highest BCUT2D eigenvalue weighted by Gasteiger charge is 2.32. The Hall–Kier alpha value is -1.15. The van der Waals surface area contributed by atoms with Crippen LogP contribution >= 0.6 is 36.2 Å². The molecule has 3 heterocycles. The van der Waals surface area contributed by atoms with Crippen molar-refractivity contribution < 1.29 is 4.79 Å². The third kappa shape index (κ3) is 3.60. The molecule has 122 valence electrons. The predicted molar refractivity (Wildman–Crippen MR) is 90.7 cm³/mol. The molecule has 1 fully saturated rings. The predicted octanol–water partition coefficient (Wildman–Crippen LogP) is 2.16. The van der Waals surface area contributed by atoms with Gasteiger partial charge in [-0.05, 0) is 12.8 Å². The number of hydrogen-bond acceptors (Lipinski definition) is 5. The second-order valence-corrected chi connectivity index (χ2v) is 5.88. The zero-order valence-corrected chi connectivity index (χ0v) is 14.6. The third-order valence-electron chi connectivity index (χ3n) is 3.57. The largest absolute Gasteiger partial charge is 0.330 e. The molecule has 2 aromatic heterocycles. The first-order valence-electron chi connectivity index (χ1n) is 6.63. The molecule has 6 nitrogen and oxygen atoms in total. The van der Waals surface area contributed by atoms with Crippen LogP contribution in [0.2, 0.25) is 0 Å². The lowest BCUT2D eigenvalue weighted by Crippen LogP contribution is -2.30. The van der Waals surface area contributed by atoms with E-state index in [0.717, 1.165) is 30.0 Å². The Balaban J connectivity index is 0.00000121. The molecule has 1 aliphatic rings. The molecule has 3 rings (SSSR count). The number of amides is 1. The monoisotopic (exact) mass is 363 g/mol. The van der Waals surface area contributed by atoms with Crippen LogP contribution < -0.4 is 5.73 Å². The fourth-order valence-electron chi connectivity index (χ4n) is 2.62. The van der Waals surface area contributed by atoms with Crippen LogP contribution in [0.1, 0.15) is 39.9 Å². The Morgan fingerprint density at radius 3 is 2.86 bits per heavy atom. The summed E-state index contributed by atoms with van der Waals surface area (Å²) in [6.45, 7) is 1.15. The van der Waals surface area contributed by atoms with Crippen LogP contribution in [0.5, 0.6) is 0 Å². The van der Waals surface area contributed by atoms with Crippen LogP contribution in [0.15, 0.2) is 17.8 Å². The van der Waals surface area contributed by atoms with Crippen LogP contribution in [-0.4, -0.2) is 32.1 Å². The van der Waals surface area contributed by atoms with Crippen LogP contribution in [0.3, 0.4) is 0 Å². The third-order valence-corrected chi connectivity index (χ3v) is 4.44. The van der Waals surface area contributed by atoms with E-state index < -0.39 is 0 Å². The van der Waals surface area contributed by atoms with Crippen molar-refractivity contribution in [3.8, 4) is 0 Å². The van der Waals surface area contributed by atoms with Crippen molar-refractivity contribution in [1.82, 2.24) is 19.7 Å². The Morgan fingerprint density at radius 2 is 2.27 bits per heavy atom. The van der Waals surface area contributed by atoms with Gasteiger partial charge in [-0.15, -0.1) is 36.2 Å². The van der Waals surface area contributed by atoms with Gasteiger partial charge in [0.15, 0.2) is 0 Å². The van der Waals surface area contributed by atoms with Crippen molar-refractivity contribution in [3.05, 3.63) is 34.0 Å². The summed E-state index contributed by atoms with van der Waals surface area (Å²) >= 11 is 1.44. The molecule has 0 bridgehead atoms. The van der Waals surface area contributed by atoms with E-state index in [0.29, 0.717) is 12.2 Å². The van der Waals surface area contributed by atoms with Crippen molar-refractivity contribution >= 4 is 42.1 Å². The van der Waals surface area contributed by atoms with Gasteiger partial charge in [-0.2, -0.15) is 5.10 Å². The second-order valence-electron chi connectivity index (χ2n) is 4.93. The minimum Gasteiger partial charge on any atom is -0.330 e. The molecule has 9 heteroatoms. The number of hydrogen-bond donors (Lipinski definition) is 1. The fraction of sp³-hybridized carbons (Fsp3) is 0.462. The summed E-state index contributed by atoms with van der Waals surface area (Å²) in [6, 6.07) is 0.110. The fourth-order valence-corrected chi connectivity index (χ4v) is 3.27. The summed E-state index contributed by atoms with van der Waals surface area (Å²) in [5.41, 5.74) is 7.15. The number of carbonyl (C=O) groups is 1. The van der Waals surface area contributed by atoms with E-state index in [1.165, 1.54) is 11.3 Å². The molecule has 22 heavy (non-hydrogen) atoms. The zero-order valence-electron chi connectivity index (χ0n) is 12.1. The molecule has 0 aromatic carbocycles. The van der Waals surface area contributed by atoms with Gasteiger partial charge in [0.05, 0.1) is 12.2 Å².